The first kappa shape index (κ1) is 20.1. The Balaban J connectivity index is 1.74. The van der Waals surface area contributed by atoms with E-state index in [0.717, 1.165) is 22.7 Å². The van der Waals surface area contributed by atoms with Gasteiger partial charge in [0.15, 0.2) is 5.17 Å². The third-order valence-electron chi connectivity index (χ3n) is 4.56. The lowest BCUT2D eigenvalue weighted by Crippen LogP contribution is -2.31. The van der Waals surface area contributed by atoms with Crippen LogP contribution in [0.1, 0.15) is 11.1 Å². The monoisotopic (exact) mass is 424 g/mol. The van der Waals surface area contributed by atoms with Gasteiger partial charge in [0.1, 0.15) is 11.4 Å². The second-order valence-corrected chi connectivity index (χ2v) is 7.64. The normalized spacial score (nSPS) is 16.9. The first-order valence-electron chi connectivity index (χ1n) is 9.16. The van der Waals surface area contributed by atoms with Crippen molar-refractivity contribution >= 4 is 45.6 Å². The van der Waals surface area contributed by atoms with Crippen LogP contribution in [0.25, 0.3) is 17.0 Å². The topological polar surface area (TPSA) is 83.1 Å². The Hall–Kier alpha value is -3.23. The molecule has 0 radical (unpaired) electrons. The number of hydrogen-bond donors (Lipinski definition) is 1. The third kappa shape index (κ3) is 3.92. The Morgan fingerprint density at radius 2 is 2.00 bits per heavy atom. The number of aliphatic hydroxyl groups excluding tert-OH is 1. The Labute approximate surface area is 175 Å². The first-order chi connectivity index (χ1) is 14.5. The van der Waals surface area contributed by atoms with Gasteiger partial charge in [-0.2, -0.15) is 0 Å². The molecular weight excluding hydrogens is 407 g/mol. The molecule has 1 aliphatic heterocycles. The number of fused-ring (bicyclic) bond motifs is 1. The summed E-state index contributed by atoms with van der Waals surface area (Å²) in [7, 11) is 0. The SMILES string of the molecule is Cc1cc(=O)oc2cc(N=C3S/C(=C\c4ccccc4F)C(=O)N3CCO)ccc12. The number of hydrogen-bond acceptors (Lipinski definition) is 6. The van der Waals surface area contributed by atoms with E-state index in [4.69, 9.17) is 4.42 Å². The van der Waals surface area contributed by atoms with E-state index in [1.54, 1.807) is 36.4 Å². The average Bonchev–Trinajstić information content (AvgIpc) is 2.98. The standard InChI is InChI=1S/C22H17FN2O4S/c1-13-10-20(27)29-18-12-15(6-7-16(13)18)24-22-25(8-9-26)21(28)19(30-22)11-14-4-2-3-5-17(14)23/h2-7,10-12,26H,8-9H2,1H3/b19-11-,24-22?. The molecule has 30 heavy (non-hydrogen) atoms. The van der Waals surface area contributed by atoms with E-state index in [2.05, 4.69) is 4.99 Å². The molecule has 0 spiro atoms. The zero-order valence-corrected chi connectivity index (χ0v) is 16.8. The lowest BCUT2D eigenvalue weighted by molar-refractivity contribution is -0.122. The predicted molar refractivity (Wildman–Crippen MR) is 115 cm³/mol. The van der Waals surface area contributed by atoms with Crippen LogP contribution in [0.3, 0.4) is 0 Å². The Bertz CT molecular complexity index is 1270. The van der Waals surface area contributed by atoms with Gasteiger partial charge in [-0.1, -0.05) is 18.2 Å². The maximum Gasteiger partial charge on any atom is 0.336 e. The highest BCUT2D eigenvalue weighted by molar-refractivity contribution is 8.18. The Kier molecular flexibility index (Phi) is 5.52. The highest BCUT2D eigenvalue weighted by Crippen LogP contribution is 2.35. The van der Waals surface area contributed by atoms with Crippen LogP contribution in [-0.2, 0) is 4.79 Å². The van der Waals surface area contributed by atoms with E-state index in [-0.39, 0.29) is 19.1 Å². The van der Waals surface area contributed by atoms with Crippen LogP contribution in [0.2, 0.25) is 0 Å². The number of thioether (sulfide) groups is 1. The molecule has 2 heterocycles. The van der Waals surface area contributed by atoms with Gasteiger partial charge in [0.25, 0.3) is 5.91 Å². The molecule has 4 rings (SSSR count). The van der Waals surface area contributed by atoms with Crippen LogP contribution in [0.4, 0.5) is 10.1 Å². The molecule has 0 atom stereocenters. The summed E-state index contributed by atoms with van der Waals surface area (Å²) >= 11 is 1.09. The fraction of sp³-hybridized carbons (Fsp3) is 0.136. The Morgan fingerprint density at radius 3 is 2.77 bits per heavy atom. The second kappa shape index (κ2) is 8.25. The summed E-state index contributed by atoms with van der Waals surface area (Å²) in [6, 6.07) is 12.7. The number of rotatable bonds is 4. The number of aryl methyl sites for hydroxylation is 1. The molecule has 0 unspecified atom stereocenters. The molecule has 1 aliphatic rings. The molecule has 1 aromatic heterocycles. The molecule has 1 amide bonds. The van der Waals surface area contributed by atoms with Gasteiger partial charge in [-0.15, -0.1) is 0 Å². The Morgan fingerprint density at radius 1 is 1.20 bits per heavy atom. The molecule has 152 valence electrons. The number of aliphatic imine (C=N–C) groups is 1. The number of aliphatic hydroxyl groups is 1. The van der Waals surface area contributed by atoms with E-state index in [0.29, 0.717) is 26.9 Å². The number of carbonyl (C=O) groups is 1. The summed E-state index contributed by atoms with van der Waals surface area (Å²) in [4.78, 5) is 30.6. The van der Waals surface area contributed by atoms with Gasteiger partial charge < -0.3 is 9.52 Å². The minimum atomic E-state index is -0.452. The smallest absolute Gasteiger partial charge is 0.336 e. The number of carbonyl (C=O) groups excluding carboxylic acids is 1. The van der Waals surface area contributed by atoms with Crippen molar-refractivity contribution in [2.75, 3.05) is 13.2 Å². The van der Waals surface area contributed by atoms with Crippen molar-refractivity contribution in [3.63, 3.8) is 0 Å². The van der Waals surface area contributed by atoms with Crippen molar-refractivity contribution in [2.24, 2.45) is 4.99 Å². The molecule has 3 aromatic rings. The van der Waals surface area contributed by atoms with Gasteiger partial charge in [0.05, 0.1) is 23.7 Å². The summed E-state index contributed by atoms with van der Waals surface area (Å²) in [5.41, 5.74) is 1.52. The van der Waals surface area contributed by atoms with E-state index >= 15 is 0 Å². The average molecular weight is 424 g/mol. The van der Waals surface area contributed by atoms with Crippen LogP contribution in [0.15, 0.2) is 67.6 Å². The molecule has 1 saturated heterocycles. The van der Waals surface area contributed by atoms with Crippen molar-refractivity contribution in [1.29, 1.82) is 0 Å². The highest BCUT2D eigenvalue weighted by Gasteiger charge is 2.33. The van der Waals surface area contributed by atoms with Gasteiger partial charge in [-0.3, -0.25) is 9.69 Å². The minimum absolute atomic E-state index is 0.0566. The van der Waals surface area contributed by atoms with Crippen LogP contribution >= 0.6 is 11.8 Å². The third-order valence-corrected chi connectivity index (χ3v) is 5.57. The molecule has 0 saturated carbocycles. The van der Waals surface area contributed by atoms with E-state index in [1.807, 2.05) is 6.92 Å². The van der Waals surface area contributed by atoms with Crippen LogP contribution in [0.5, 0.6) is 0 Å². The van der Waals surface area contributed by atoms with E-state index < -0.39 is 11.4 Å². The number of amides is 1. The lowest BCUT2D eigenvalue weighted by Gasteiger charge is -2.13. The van der Waals surface area contributed by atoms with Crippen LogP contribution < -0.4 is 5.63 Å². The van der Waals surface area contributed by atoms with Gasteiger partial charge >= 0.3 is 5.63 Å². The van der Waals surface area contributed by atoms with Crippen LogP contribution in [0, 0.1) is 12.7 Å². The van der Waals surface area contributed by atoms with Gasteiger partial charge in [-0.25, -0.2) is 14.2 Å². The van der Waals surface area contributed by atoms with E-state index in [1.165, 1.54) is 23.1 Å². The highest BCUT2D eigenvalue weighted by atomic mass is 32.2. The molecule has 0 bridgehead atoms. The van der Waals surface area contributed by atoms with Crippen LogP contribution in [-0.4, -0.2) is 34.2 Å². The van der Waals surface area contributed by atoms with Gasteiger partial charge in [-0.05, 0) is 48.5 Å². The maximum absolute atomic E-state index is 14.0. The van der Waals surface area contributed by atoms with E-state index in [9.17, 15) is 19.1 Å². The lowest BCUT2D eigenvalue weighted by atomic mass is 10.1. The van der Waals surface area contributed by atoms with Crippen molar-refractivity contribution in [2.45, 2.75) is 6.92 Å². The number of halogens is 1. The quantitative estimate of drug-likeness (QED) is 0.508. The largest absolute Gasteiger partial charge is 0.423 e. The minimum Gasteiger partial charge on any atom is -0.423 e. The second-order valence-electron chi connectivity index (χ2n) is 6.64. The maximum atomic E-state index is 14.0. The van der Waals surface area contributed by atoms with Gasteiger partial charge in [0, 0.05) is 23.1 Å². The predicted octanol–water partition coefficient (Wildman–Crippen LogP) is 3.84. The van der Waals surface area contributed by atoms with Gasteiger partial charge in [0.2, 0.25) is 0 Å². The van der Waals surface area contributed by atoms with Crippen molar-refractivity contribution in [3.8, 4) is 0 Å². The molecule has 8 heteroatoms. The summed E-state index contributed by atoms with van der Waals surface area (Å²) in [5, 5.41) is 10.5. The van der Waals surface area contributed by atoms with Crippen molar-refractivity contribution in [3.05, 3.63) is 80.8 Å². The molecule has 0 aliphatic carbocycles. The fourth-order valence-corrected chi connectivity index (χ4v) is 4.13. The number of amidine groups is 1. The zero-order chi connectivity index (χ0) is 21.3. The molecule has 1 N–H and O–H groups in total. The molecular formula is C22H17FN2O4S. The van der Waals surface area contributed by atoms with Crippen molar-refractivity contribution in [1.82, 2.24) is 4.90 Å². The summed E-state index contributed by atoms with van der Waals surface area (Å²) in [5.74, 6) is -0.795. The number of β-amino-alcohol motifs (C(OH)–C–C–N with tert-alkyl or cyclic N) is 1. The summed E-state index contributed by atoms with van der Waals surface area (Å²) in [6.45, 7) is 1.63. The molecule has 1 fully saturated rings. The zero-order valence-electron chi connectivity index (χ0n) is 16.0. The van der Waals surface area contributed by atoms with Crippen molar-refractivity contribution < 1.29 is 18.7 Å². The molecule has 2 aromatic carbocycles. The first-order valence-corrected chi connectivity index (χ1v) is 9.98. The number of benzene rings is 2. The molecule has 6 nitrogen and oxygen atoms in total. The number of nitrogens with zero attached hydrogens (tertiary/aromatic N) is 2. The summed E-state index contributed by atoms with van der Waals surface area (Å²) in [6.07, 6.45) is 1.47. The summed E-state index contributed by atoms with van der Waals surface area (Å²) < 4.78 is 19.2. The fourth-order valence-electron chi connectivity index (χ4n) is 3.12.